The van der Waals surface area contributed by atoms with Gasteiger partial charge in [0.1, 0.15) is 5.52 Å². The van der Waals surface area contributed by atoms with Gasteiger partial charge in [-0.3, -0.25) is 4.79 Å². The highest BCUT2D eigenvalue weighted by atomic mass is 35.5. The number of fused-ring (bicyclic) bond motifs is 4. The van der Waals surface area contributed by atoms with Crippen molar-refractivity contribution in [2.45, 2.75) is 70.0 Å². The molecule has 2 aromatic carbocycles. The summed E-state index contributed by atoms with van der Waals surface area (Å²) in [5.41, 5.74) is 4.72. The van der Waals surface area contributed by atoms with Gasteiger partial charge in [-0.15, -0.1) is 0 Å². The molecule has 1 amide bonds. The van der Waals surface area contributed by atoms with Crippen molar-refractivity contribution in [3.8, 4) is 17.2 Å². The Labute approximate surface area is 259 Å². The molecule has 4 atom stereocenters. The van der Waals surface area contributed by atoms with E-state index in [0.29, 0.717) is 45.6 Å². The Balaban J connectivity index is 1.41. The minimum absolute atomic E-state index is 0.00222. The molecular formula is C34H32Cl2FN5O. The number of carbonyl (C=O) groups is 1. The molecule has 220 valence electrons. The molecule has 0 radical (unpaired) electrons. The Hall–Kier alpha value is -3.18. The average molecular weight is 617 g/mol. The first-order valence-corrected chi connectivity index (χ1v) is 16.1. The minimum atomic E-state index is -0.449. The van der Waals surface area contributed by atoms with Gasteiger partial charge in [0, 0.05) is 64.8 Å². The lowest BCUT2D eigenvalue weighted by Gasteiger charge is -2.39. The number of pyridine rings is 1. The summed E-state index contributed by atoms with van der Waals surface area (Å²) < 4.78 is 19.4. The molecule has 2 bridgehead atoms. The van der Waals surface area contributed by atoms with Crippen LogP contribution < -0.4 is 5.32 Å². The third kappa shape index (κ3) is 4.13. The van der Waals surface area contributed by atoms with Gasteiger partial charge in [0.2, 0.25) is 5.91 Å². The summed E-state index contributed by atoms with van der Waals surface area (Å²) in [4.78, 5) is 20.4. The van der Waals surface area contributed by atoms with Gasteiger partial charge in [0.25, 0.3) is 0 Å². The van der Waals surface area contributed by atoms with E-state index in [0.717, 1.165) is 72.9 Å². The molecule has 3 aliphatic heterocycles. The number of nitriles is 1. The van der Waals surface area contributed by atoms with E-state index in [4.69, 9.17) is 28.2 Å². The van der Waals surface area contributed by atoms with Crippen LogP contribution in [0, 0.1) is 35.9 Å². The van der Waals surface area contributed by atoms with Gasteiger partial charge in [-0.1, -0.05) is 35.3 Å². The van der Waals surface area contributed by atoms with Crippen molar-refractivity contribution >= 4 is 50.9 Å². The molecule has 2 aromatic heterocycles. The van der Waals surface area contributed by atoms with Crippen LogP contribution >= 0.6 is 23.2 Å². The van der Waals surface area contributed by atoms with Crippen LogP contribution in [0.25, 0.3) is 32.9 Å². The van der Waals surface area contributed by atoms with Crippen molar-refractivity contribution < 1.29 is 9.18 Å². The summed E-state index contributed by atoms with van der Waals surface area (Å²) in [5, 5.41) is 15.5. The lowest BCUT2D eigenvalue weighted by atomic mass is 9.79. The molecule has 2 saturated carbocycles. The smallest absolute Gasteiger partial charge is 0.226 e. The van der Waals surface area contributed by atoms with E-state index in [1.807, 2.05) is 13.0 Å². The minimum Gasteiger partial charge on any atom is -0.337 e. The normalized spacial score (nSPS) is 24.6. The van der Waals surface area contributed by atoms with Crippen LogP contribution in [-0.2, 0) is 11.2 Å². The third-order valence-corrected chi connectivity index (χ3v) is 11.1. The van der Waals surface area contributed by atoms with Crippen LogP contribution in [0.1, 0.15) is 67.6 Å². The van der Waals surface area contributed by atoms with Crippen LogP contribution in [0.2, 0.25) is 10.0 Å². The maximum atomic E-state index is 16.9. The zero-order valence-corrected chi connectivity index (χ0v) is 25.5. The molecule has 5 heterocycles. The number of carbonyl (C=O) groups excluding carboxylic acids is 1. The number of nitrogens with zero attached hydrogens (tertiary/aromatic N) is 4. The van der Waals surface area contributed by atoms with Crippen molar-refractivity contribution in [1.82, 2.24) is 19.8 Å². The Kier molecular flexibility index (Phi) is 6.49. The molecular weight excluding hydrogens is 584 g/mol. The van der Waals surface area contributed by atoms with Gasteiger partial charge in [-0.05, 0) is 75.1 Å². The Morgan fingerprint density at radius 3 is 2.77 bits per heavy atom. The molecule has 1 N–H and O–H groups in total. The van der Waals surface area contributed by atoms with E-state index in [1.165, 1.54) is 0 Å². The first kappa shape index (κ1) is 27.4. The summed E-state index contributed by atoms with van der Waals surface area (Å²) in [7, 11) is 0. The van der Waals surface area contributed by atoms with Gasteiger partial charge in [0.05, 0.1) is 33.7 Å². The second-order valence-corrected chi connectivity index (χ2v) is 13.5. The number of rotatable bonds is 6. The van der Waals surface area contributed by atoms with Crippen LogP contribution in [0.3, 0.4) is 0 Å². The molecule has 6 nitrogen and oxygen atoms in total. The number of aromatic nitrogens is 2. The summed E-state index contributed by atoms with van der Waals surface area (Å²) in [6.45, 7) is 3.69. The summed E-state index contributed by atoms with van der Waals surface area (Å²) >= 11 is 13.0. The summed E-state index contributed by atoms with van der Waals surface area (Å²) in [6, 6.07) is 12.3. The standard InChI is InChI=1S/C34H32Cl2FN5O/c1-17-22-15-27(26-8-4-12-41(26)34(43)18-9-10-18)42(32-20-14-25(32)39-16-20)33(22)23-13-19(5-3-11-38)28(30(37)31(23)40-17)21-6-2-7-24(35)29(21)36/h2,6-7,13,15,18,20,25-26,32,39H,3-5,8-10,12,14,16H2,1H3/t20-,25-,26-,32+/m1/s1. The fraction of sp³-hybridized carbons (Fsp3) is 0.441. The molecule has 0 spiro atoms. The van der Waals surface area contributed by atoms with Gasteiger partial charge >= 0.3 is 0 Å². The fourth-order valence-corrected chi connectivity index (χ4v) is 8.40. The number of likely N-dealkylation sites (tertiary alicyclic amines) is 1. The molecule has 3 saturated heterocycles. The first-order chi connectivity index (χ1) is 20.9. The van der Waals surface area contributed by atoms with E-state index >= 15 is 4.39 Å². The predicted octanol–water partition coefficient (Wildman–Crippen LogP) is 7.67. The van der Waals surface area contributed by atoms with Gasteiger partial charge in [-0.2, -0.15) is 5.26 Å². The Morgan fingerprint density at radius 1 is 1.21 bits per heavy atom. The zero-order valence-electron chi connectivity index (χ0n) is 24.0. The number of nitrogens with one attached hydrogen (secondary N) is 1. The van der Waals surface area contributed by atoms with Crippen molar-refractivity contribution in [3.05, 3.63) is 63.1 Å². The van der Waals surface area contributed by atoms with Crippen LogP contribution in [0.5, 0.6) is 0 Å². The molecule has 43 heavy (non-hydrogen) atoms. The molecule has 9 rings (SSSR count). The monoisotopic (exact) mass is 615 g/mol. The average Bonchev–Trinajstić information content (AvgIpc) is 3.34. The number of aryl methyl sites for hydroxylation is 2. The number of hydrogen-bond acceptors (Lipinski definition) is 4. The third-order valence-electron chi connectivity index (χ3n) is 10.2. The second-order valence-electron chi connectivity index (χ2n) is 12.7. The fourth-order valence-electron chi connectivity index (χ4n) is 8.00. The van der Waals surface area contributed by atoms with Gasteiger partial charge in [-0.25, -0.2) is 9.37 Å². The highest BCUT2D eigenvalue weighted by molar-refractivity contribution is 6.43. The van der Waals surface area contributed by atoms with Gasteiger partial charge < -0.3 is 14.8 Å². The molecule has 4 aromatic rings. The SMILES string of the molecule is Cc1nc2c(F)c(-c3cccc(Cl)c3Cl)c(CCC#N)cc2c2c1cc([C@H]1CCCN1C(=O)C1CC1)n2[C@H]1[C@H]2CN[C@@H]1C2. The van der Waals surface area contributed by atoms with Gasteiger partial charge in [0.15, 0.2) is 5.82 Å². The van der Waals surface area contributed by atoms with E-state index in [1.54, 1.807) is 18.2 Å². The zero-order chi connectivity index (χ0) is 29.6. The highest BCUT2D eigenvalue weighted by Gasteiger charge is 2.50. The lowest BCUT2D eigenvalue weighted by Crippen LogP contribution is -2.41. The Bertz CT molecular complexity index is 1860. The summed E-state index contributed by atoms with van der Waals surface area (Å²) in [5.74, 6) is 0.485. The topological polar surface area (TPSA) is 74.0 Å². The highest BCUT2D eigenvalue weighted by Crippen LogP contribution is 2.51. The predicted molar refractivity (Wildman–Crippen MR) is 167 cm³/mol. The van der Waals surface area contributed by atoms with Crippen LogP contribution in [0.15, 0.2) is 30.3 Å². The van der Waals surface area contributed by atoms with Crippen molar-refractivity contribution in [3.63, 3.8) is 0 Å². The Morgan fingerprint density at radius 2 is 2.05 bits per heavy atom. The second kappa shape index (κ2) is 10.2. The quantitative estimate of drug-likeness (QED) is 0.241. The molecule has 2 aliphatic carbocycles. The molecule has 5 fully saturated rings. The van der Waals surface area contributed by atoms with E-state index in [-0.39, 0.29) is 35.4 Å². The van der Waals surface area contributed by atoms with Crippen LogP contribution in [0.4, 0.5) is 4.39 Å². The molecule has 9 heteroatoms. The van der Waals surface area contributed by atoms with E-state index in [9.17, 15) is 10.1 Å². The maximum Gasteiger partial charge on any atom is 0.226 e. The molecule has 0 unspecified atom stereocenters. The van der Waals surface area contributed by atoms with E-state index in [2.05, 4.69) is 26.9 Å². The lowest BCUT2D eigenvalue weighted by molar-refractivity contribution is -0.133. The van der Waals surface area contributed by atoms with Crippen molar-refractivity contribution in [2.75, 3.05) is 13.1 Å². The number of benzene rings is 2. The maximum absolute atomic E-state index is 16.9. The van der Waals surface area contributed by atoms with Crippen LogP contribution in [-0.4, -0.2) is 39.5 Å². The molecule has 5 aliphatic rings. The largest absolute Gasteiger partial charge is 0.337 e. The first-order valence-electron chi connectivity index (χ1n) is 15.4. The summed E-state index contributed by atoms with van der Waals surface area (Å²) in [6.07, 6.45) is 5.61. The number of halogens is 3. The van der Waals surface area contributed by atoms with Crippen molar-refractivity contribution in [2.24, 2.45) is 11.8 Å². The van der Waals surface area contributed by atoms with E-state index < -0.39 is 5.82 Å². The number of hydrogen-bond donors (Lipinski definition) is 1. The number of amides is 1. The van der Waals surface area contributed by atoms with Crippen molar-refractivity contribution in [1.29, 1.82) is 5.26 Å².